The van der Waals surface area contributed by atoms with E-state index in [-0.39, 0.29) is 5.91 Å². The smallest absolute Gasteiger partial charge is 0.253 e. The number of rotatable bonds is 3. The molecular formula is C21H23NO. The molecule has 1 heterocycles. The van der Waals surface area contributed by atoms with Gasteiger partial charge in [0.1, 0.15) is 0 Å². The summed E-state index contributed by atoms with van der Waals surface area (Å²) in [6.45, 7) is 1.86. The lowest BCUT2D eigenvalue weighted by Crippen LogP contribution is -2.38. The van der Waals surface area contributed by atoms with Gasteiger partial charge in [-0.25, -0.2) is 0 Å². The molecule has 2 aromatic rings. The van der Waals surface area contributed by atoms with Crippen LogP contribution in [0.15, 0.2) is 54.6 Å². The molecule has 1 amide bonds. The second kappa shape index (κ2) is 6.19. The maximum Gasteiger partial charge on any atom is 0.253 e. The fourth-order valence-electron chi connectivity index (χ4n) is 3.76. The van der Waals surface area contributed by atoms with Crippen molar-refractivity contribution in [3.05, 3.63) is 60.2 Å². The Morgan fingerprint density at radius 3 is 1.91 bits per heavy atom. The molecule has 0 bridgehead atoms. The summed E-state index contributed by atoms with van der Waals surface area (Å²) in [6.07, 6.45) is 5.22. The van der Waals surface area contributed by atoms with Crippen LogP contribution in [0, 0.1) is 11.8 Å². The Balaban J connectivity index is 1.42. The Bertz CT molecular complexity index is 665. The van der Waals surface area contributed by atoms with Crippen molar-refractivity contribution in [3.63, 3.8) is 0 Å². The third kappa shape index (κ3) is 3.17. The van der Waals surface area contributed by atoms with E-state index in [1.54, 1.807) is 0 Å². The van der Waals surface area contributed by atoms with Crippen molar-refractivity contribution in [2.24, 2.45) is 11.8 Å². The van der Waals surface area contributed by atoms with E-state index < -0.39 is 0 Å². The van der Waals surface area contributed by atoms with Gasteiger partial charge in [-0.1, -0.05) is 42.5 Å². The summed E-state index contributed by atoms with van der Waals surface area (Å²) in [7, 11) is 0. The molecule has 1 saturated carbocycles. The van der Waals surface area contributed by atoms with E-state index in [9.17, 15) is 4.79 Å². The topological polar surface area (TPSA) is 20.3 Å². The fourth-order valence-corrected chi connectivity index (χ4v) is 3.76. The predicted octanol–water partition coefficient (Wildman–Crippen LogP) is 4.62. The first kappa shape index (κ1) is 14.5. The van der Waals surface area contributed by atoms with E-state index in [1.807, 2.05) is 35.2 Å². The second-order valence-electron chi connectivity index (χ2n) is 6.91. The van der Waals surface area contributed by atoms with Crippen LogP contribution in [0.5, 0.6) is 0 Å². The molecule has 2 heteroatoms. The minimum absolute atomic E-state index is 0.193. The highest BCUT2D eigenvalue weighted by Crippen LogP contribution is 2.41. The minimum atomic E-state index is 0.193. The fraction of sp³-hybridized carbons (Fsp3) is 0.381. The van der Waals surface area contributed by atoms with Gasteiger partial charge in [-0.05, 0) is 60.8 Å². The molecule has 2 fully saturated rings. The lowest BCUT2D eigenvalue weighted by atomic mass is 9.92. The molecule has 0 aromatic heterocycles. The summed E-state index contributed by atoms with van der Waals surface area (Å²) in [5.41, 5.74) is 3.17. The van der Waals surface area contributed by atoms with Crippen LogP contribution >= 0.6 is 0 Å². The van der Waals surface area contributed by atoms with Crippen LogP contribution in [0.25, 0.3) is 11.1 Å². The van der Waals surface area contributed by atoms with Crippen molar-refractivity contribution >= 4 is 5.91 Å². The van der Waals surface area contributed by atoms with Crippen LogP contribution in [0.1, 0.15) is 36.0 Å². The van der Waals surface area contributed by atoms with Gasteiger partial charge in [-0.3, -0.25) is 4.79 Å². The van der Waals surface area contributed by atoms with Crippen molar-refractivity contribution in [1.29, 1.82) is 0 Å². The number of hydrogen-bond acceptors (Lipinski definition) is 1. The molecule has 0 radical (unpaired) electrons. The Labute approximate surface area is 138 Å². The van der Waals surface area contributed by atoms with Crippen LogP contribution in [-0.2, 0) is 0 Å². The molecule has 1 saturated heterocycles. The van der Waals surface area contributed by atoms with Crippen LogP contribution in [0.3, 0.4) is 0 Å². The van der Waals surface area contributed by atoms with Gasteiger partial charge in [0.05, 0.1) is 0 Å². The summed E-state index contributed by atoms with van der Waals surface area (Å²) in [5, 5.41) is 0. The summed E-state index contributed by atoms with van der Waals surface area (Å²) in [4.78, 5) is 14.7. The molecule has 0 unspecified atom stereocenters. The zero-order chi connectivity index (χ0) is 15.6. The zero-order valence-electron chi connectivity index (χ0n) is 13.4. The molecule has 0 spiro atoms. The Hall–Kier alpha value is -2.09. The van der Waals surface area contributed by atoms with E-state index in [1.165, 1.54) is 31.2 Å². The number of hydrogen-bond donors (Lipinski definition) is 0. The van der Waals surface area contributed by atoms with Gasteiger partial charge < -0.3 is 4.90 Å². The van der Waals surface area contributed by atoms with Gasteiger partial charge >= 0.3 is 0 Å². The number of amides is 1. The molecule has 2 aromatic carbocycles. The molecular weight excluding hydrogens is 282 g/mol. The zero-order valence-corrected chi connectivity index (χ0v) is 13.4. The van der Waals surface area contributed by atoms with Crippen molar-refractivity contribution < 1.29 is 4.79 Å². The first-order valence-corrected chi connectivity index (χ1v) is 8.76. The van der Waals surface area contributed by atoms with Crippen LogP contribution in [0.2, 0.25) is 0 Å². The van der Waals surface area contributed by atoms with Crippen molar-refractivity contribution in [2.75, 3.05) is 13.1 Å². The molecule has 0 N–H and O–H groups in total. The third-order valence-electron chi connectivity index (χ3n) is 5.35. The highest BCUT2D eigenvalue weighted by molar-refractivity contribution is 5.94. The standard InChI is InChI=1S/C21H23NO/c23-21(22-14-12-19(13-15-22)18-6-7-18)20-10-8-17(9-11-20)16-4-2-1-3-5-16/h1-5,8-11,18-19H,6-7,12-15H2. The maximum absolute atomic E-state index is 12.7. The molecule has 0 atom stereocenters. The first-order valence-electron chi connectivity index (χ1n) is 8.76. The molecule has 118 valence electrons. The minimum Gasteiger partial charge on any atom is -0.339 e. The third-order valence-corrected chi connectivity index (χ3v) is 5.35. The van der Waals surface area contributed by atoms with Crippen molar-refractivity contribution in [2.45, 2.75) is 25.7 Å². The number of piperidine rings is 1. The second-order valence-corrected chi connectivity index (χ2v) is 6.91. The first-order chi connectivity index (χ1) is 11.3. The summed E-state index contributed by atoms with van der Waals surface area (Å²) < 4.78 is 0. The van der Waals surface area contributed by atoms with E-state index in [0.29, 0.717) is 0 Å². The van der Waals surface area contributed by atoms with Gasteiger partial charge in [-0.15, -0.1) is 0 Å². The molecule has 23 heavy (non-hydrogen) atoms. The van der Waals surface area contributed by atoms with E-state index in [0.717, 1.165) is 36.1 Å². The largest absolute Gasteiger partial charge is 0.339 e. The molecule has 2 nitrogen and oxygen atoms in total. The quantitative estimate of drug-likeness (QED) is 0.810. The van der Waals surface area contributed by atoms with Gasteiger partial charge in [-0.2, -0.15) is 0 Å². The summed E-state index contributed by atoms with van der Waals surface area (Å²) in [5.74, 6) is 2.04. The Morgan fingerprint density at radius 2 is 1.30 bits per heavy atom. The molecule has 1 aliphatic carbocycles. The summed E-state index contributed by atoms with van der Waals surface area (Å²) in [6, 6.07) is 18.3. The van der Waals surface area contributed by atoms with Gasteiger partial charge in [0.15, 0.2) is 0 Å². The number of carbonyl (C=O) groups excluding carboxylic acids is 1. The molecule has 1 aliphatic heterocycles. The van der Waals surface area contributed by atoms with E-state index in [2.05, 4.69) is 24.3 Å². The lowest BCUT2D eigenvalue weighted by Gasteiger charge is -2.32. The van der Waals surface area contributed by atoms with E-state index >= 15 is 0 Å². The maximum atomic E-state index is 12.7. The predicted molar refractivity (Wildman–Crippen MR) is 93.2 cm³/mol. The molecule has 2 aliphatic rings. The molecule has 4 rings (SSSR count). The van der Waals surface area contributed by atoms with Gasteiger partial charge in [0, 0.05) is 18.7 Å². The lowest BCUT2D eigenvalue weighted by molar-refractivity contribution is 0.0681. The van der Waals surface area contributed by atoms with Crippen molar-refractivity contribution in [1.82, 2.24) is 4.90 Å². The monoisotopic (exact) mass is 305 g/mol. The number of nitrogens with zero attached hydrogens (tertiary/aromatic N) is 1. The van der Waals surface area contributed by atoms with Gasteiger partial charge in [0.2, 0.25) is 0 Å². The van der Waals surface area contributed by atoms with Crippen LogP contribution in [-0.4, -0.2) is 23.9 Å². The van der Waals surface area contributed by atoms with E-state index in [4.69, 9.17) is 0 Å². The van der Waals surface area contributed by atoms with Crippen molar-refractivity contribution in [3.8, 4) is 11.1 Å². The number of likely N-dealkylation sites (tertiary alicyclic amines) is 1. The number of benzene rings is 2. The SMILES string of the molecule is O=C(c1ccc(-c2ccccc2)cc1)N1CCC(C2CC2)CC1. The highest BCUT2D eigenvalue weighted by Gasteiger charge is 2.34. The average molecular weight is 305 g/mol. The average Bonchev–Trinajstić information content (AvgIpc) is 3.47. The van der Waals surface area contributed by atoms with Gasteiger partial charge in [0.25, 0.3) is 5.91 Å². The summed E-state index contributed by atoms with van der Waals surface area (Å²) >= 11 is 0. The Kier molecular flexibility index (Phi) is 3.90. The normalized spacial score (nSPS) is 18.9. The highest BCUT2D eigenvalue weighted by atomic mass is 16.2. The van der Waals surface area contributed by atoms with Crippen LogP contribution in [0.4, 0.5) is 0 Å². The van der Waals surface area contributed by atoms with Crippen LogP contribution < -0.4 is 0 Å². The Morgan fingerprint density at radius 1 is 0.739 bits per heavy atom. The number of carbonyl (C=O) groups is 1.